The molecule has 0 aromatic carbocycles. The second-order valence-corrected chi connectivity index (χ2v) is 10.2. The van der Waals surface area contributed by atoms with Crippen molar-refractivity contribution in [3.05, 3.63) is 60.8 Å². The molecule has 0 aliphatic heterocycles. The molecule has 1 N–H and O–H groups in total. The van der Waals surface area contributed by atoms with Gasteiger partial charge < -0.3 is 14.6 Å². The Morgan fingerprint density at radius 2 is 1.05 bits per heavy atom. The van der Waals surface area contributed by atoms with Crippen LogP contribution in [0.25, 0.3) is 0 Å². The summed E-state index contributed by atoms with van der Waals surface area (Å²) in [5, 5.41) is 9.49. The first-order valence-corrected chi connectivity index (χ1v) is 15.9. The van der Waals surface area contributed by atoms with Crippen LogP contribution in [0.3, 0.4) is 0 Å². The van der Waals surface area contributed by atoms with E-state index in [0.717, 1.165) is 38.5 Å². The molecule has 1 unspecified atom stereocenters. The Balaban J connectivity index is 3.64. The standard InChI is InChI=1S/C35H60O4/c1-3-5-7-9-11-13-15-17-18-19-20-22-24-26-28-30-35(37)39-34(32-36)33-38-31-29-27-25-23-21-16-14-12-10-8-6-4-2/h5,7,11,13,17-18,20,22,26,28,34,36H,3-4,6,8-10,12,14-16,19,21,23-25,27,29-33H2,1-2H3/b7-5-,13-11-,18-17-,22-20-,28-26-. The Bertz CT molecular complexity index is 660. The highest BCUT2D eigenvalue weighted by Gasteiger charge is 2.12. The molecule has 0 saturated heterocycles. The third kappa shape index (κ3) is 30.5. The van der Waals surface area contributed by atoms with E-state index in [4.69, 9.17) is 9.47 Å². The van der Waals surface area contributed by atoms with E-state index in [1.165, 1.54) is 70.6 Å². The summed E-state index contributed by atoms with van der Waals surface area (Å²) >= 11 is 0. The van der Waals surface area contributed by atoms with Gasteiger partial charge in [-0.3, -0.25) is 4.79 Å². The van der Waals surface area contributed by atoms with Crippen LogP contribution < -0.4 is 0 Å². The van der Waals surface area contributed by atoms with Gasteiger partial charge in [-0.25, -0.2) is 0 Å². The van der Waals surface area contributed by atoms with Crippen LogP contribution in [0, 0.1) is 0 Å². The predicted octanol–water partition coefficient (Wildman–Crippen LogP) is 9.75. The molecular weight excluding hydrogens is 484 g/mol. The summed E-state index contributed by atoms with van der Waals surface area (Å²) in [6.07, 6.45) is 41.3. The third-order valence-electron chi connectivity index (χ3n) is 6.39. The number of hydrogen-bond acceptors (Lipinski definition) is 4. The molecule has 0 aromatic heterocycles. The van der Waals surface area contributed by atoms with Gasteiger partial charge in [0.05, 0.1) is 19.6 Å². The number of aliphatic hydroxyl groups is 1. The Morgan fingerprint density at radius 3 is 1.51 bits per heavy atom. The van der Waals surface area contributed by atoms with E-state index in [1.54, 1.807) is 0 Å². The second kappa shape index (κ2) is 32.3. The second-order valence-electron chi connectivity index (χ2n) is 10.2. The topological polar surface area (TPSA) is 55.8 Å². The van der Waals surface area contributed by atoms with Crippen LogP contribution in [-0.4, -0.2) is 37.0 Å². The molecule has 0 spiro atoms. The van der Waals surface area contributed by atoms with Crippen LogP contribution in [0.1, 0.15) is 129 Å². The Hall–Kier alpha value is -1.91. The quantitative estimate of drug-likeness (QED) is 0.0605. The summed E-state index contributed by atoms with van der Waals surface area (Å²) in [5.74, 6) is -0.329. The highest BCUT2D eigenvalue weighted by atomic mass is 16.6. The van der Waals surface area contributed by atoms with Crippen LogP contribution >= 0.6 is 0 Å². The van der Waals surface area contributed by atoms with E-state index < -0.39 is 6.10 Å². The maximum absolute atomic E-state index is 12.0. The van der Waals surface area contributed by atoms with Gasteiger partial charge in [-0.2, -0.15) is 0 Å². The molecule has 0 aliphatic rings. The molecule has 0 amide bonds. The molecular formula is C35H60O4. The van der Waals surface area contributed by atoms with E-state index in [0.29, 0.717) is 6.61 Å². The van der Waals surface area contributed by atoms with Gasteiger partial charge in [0.2, 0.25) is 0 Å². The fourth-order valence-electron chi connectivity index (χ4n) is 4.05. The first kappa shape index (κ1) is 37.1. The largest absolute Gasteiger partial charge is 0.457 e. The number of esters is 1. The summed E-state index contributed by atoms with van der Waals surface area (Å²) in [6.45, 7) is 5.11. The van der Waals surface area contributed by atoms with Crippen molar-refractivity contribution in [2.24, 2.45) is 0 Å². The lowest BCUT2D eigenvalue weighted by Gasteiger charge is -2.15. The first-order valence-electron chi connectivity index (χ1n) is 15.9. The highest BCUT2D eigenvalue weighted by molar-refractivity contribution is 5.71. The van der Waals surface area contributed by atoms with Crippen LogP contribution in [-0.2, 0) is 14.3 Å². The average molecular weight is 545 g/mol. The Labute approximate surface area is 241 Å². The van der Waals surface area contributed by atoms with Crippen molar-refractivity contribution in [2.75, 3.05) is 19.8 Å². The highest BCUT2D eigenvalue weighted by Crippen LogP contribution is 2.12. The minimum absolute atomic E-state index is 0.211. The van der Waals surface area contributed by atoms with Crippen LogP contribution in [0.4, 0.5) is 0 Å². The van der Waals surface area contributed by atoms with Gasteiger partial charge in [0.25, 0.3) is 0 Å². The van der Waals surface area contributed by atoms with Crippen molar-refractivity contribution in [1.82, 2.24) is 0 Å². The zero-order chi connectivity index (χ0) is 28.5. The number of carbonyl (C=O) groups excluding carboxylic acids is 1. The minimum Gasteiger partial charge on any atom is -0.457 e. The molecule has 0 fully saturated rings. The average Bonchev–Trinajstić information content (AvgIpc) is 2.94. The lowest BCUT2D eigenvalue weighted by atomic mass is 10.1. The van der Waals surface area contributed by atoms with Gasteiger partial charge >= 0.3 is 5.97 Å². The molecule has 1 atom stereocenters. The van der Waals surface area contributed by atoms with E-state index >= 15 is 0 Å². The van der Waals surface area contributed by atoms with Crippen molar-refractivity contribution in [3.63, 3.8) is 0 Å². The van der Waals surface area contributed by atoms with E-state index in [1.807, 2.05) is 12.2 Å². The van der Waals surface area contributed by atoms with Crippen molar-refractivity contribution >= 4 is 5.97 Å². The molecule has 224 valence electrons. The predicted molar refractivity (Wildman–Crippen MR) is 168 cm³/mol. The van der Waals surface area contributed by atoms with Crippen molar-refractivity contribution < 1.29 is 19.4 Å². The molecule has 0 heterocycles. The van der Waals surface area contributed by atoms with Crippen LogP contribution in [0.15, 0.2) is 60.8 Å². The van der Waals surface area contributed by atoms with E-state index in [-0.39, 0.29) is 25.6 Å². The fraction of sp³-hybridized carbons (Fsp3) is 0.686. The monoisotopic (exact) mass is 544 g/mol. The van der Waals surface area contributed by atoms with E-state index in [9.17, 15) is 9.90 Å². The molecule has 0 aliphatic carbocycles. The molecule has 0 saturated carbocycles. The lowest BCUT2D eigenvalue weighted by molar-refractivity contribution is -0.153. The van der Waals surface area contributed by atoms with E-state index in [2.05, 4.69) is 62.5 Å². The maximum atomic E-state index is 12.0. The normalized spacial score (nSPS) is 13.2. The zero-order valence-corrected chi connectivity index (χ0v) is 25.4. The van der Waals surface area contributed by atoms with Crippen LogP contribution in [0.5, 0.6) is 0 Å². The minimum atomic E-state index is -0.586. The molecule has 0 rings (SSSR count). The molecule has 0 aromatic rings. The number of rotatable bonds is 28. The third-order valence-corrected chi connectivity index (χ3v) is 6.39. The van der Waals surface area contributed by atoms with Crippen LogP contribution in [0.2, 0.25) is 0 Å². The Morgan fingerprint density at radius 1 is 0.615 bits per heavy atom. The summed E-state index contributed by atoms with van der Waals surface area (Å²) in [5.41, 5.74) is 0. The molecule has 39 heavy (non-hydrogen) atoms. The summed E-state index contributed by atoms with van der Waals surface area (Å²) in [7, 11) is 0. The van der Waals surface area contributed by atoms with Gasteiger partial charge in [0.15, 0.2) is 0 Å². The summed E-state index contributed by atoms with van der Waals surface area (Å²) < 4.78 is 11.0. The first-order chi connectivity index (χ1) is 19.2. The fourth-order valence-corrected chi connectivity index (χ4v) is 4.05. The van der Waals surface area contributed by atoms with Gasteiger partial charge in [0.1, 0.15) is 6.10 Å². The van der Waals surface area contributed by atoms with Gasteiger partial charge in [-0.15, -0.1) is 0 Å². The molecule has 4 nitrogen and oxygen atoms in total. The van der Waals surface area contributed by atoms with Crippen molar-refractivity contribution in [1.29, 1.82) is 0 Å². The summed E-state index contributed by atoms with van der Waals surface area (Å²) in [6, 6.07) is 0. The lowest BCUT2D eigenvalue weighted by Crippen LogP contribution is -2.27. The SMILES string of the molecule is CC/C=C\C/C=C\C/C=C\C/C=C\C/C=C\CC(=O)OC(CO)COCCCCCCCCCCCCCC. The maximum Gasteiger partial charge on any atom is 0.310 e. The number of carbonyl (C=O) groups is 1. The molecule has 4 heteroatoms. The molecule has 0 radical (unpaired) electrons. The zero-order valence-electron chi connectivity index (χ0n) is 25.4. The van der Waals surface area contributed by atoms with Gasteiger partial charge in [-0.1, -0.05) is 145 Å². The van der Waals surface area contributed by atoms with Crippen molar-refractivity contribution in [2.45, 2.75) is 136 Å². The number of ether oxygens (including phenoxy) is 2. The number of unbranched alkanes of at least 4 members (excludes halogenated alkanes) is 11. The summed E-state index contributed by atoms with van der Waals surface area (Å²) in [4.78, 5) is 12.0. The Kier molecular flexibility index (Phi) is 30.7. The number of aliphatic hydroxyl groups excluding tert-OH is 1. The molecule has 0 bridgehead atoms. The van der Waals surface area contributed by atoms with Gasteiger partial charge in [-0.05, 0) is 38.5 Å². The van der Waals surface area contributed by atoms with Gasteiger partial charge in [0, 0.05) is 6.61 Å². The number of hydrogen-bond donors (Lipinski definition) is 1. The van der Waals surface area contributed by atoms with Crippen molar-refractivity contribution in [3.8, 4) is 0 Å². The smallest absolute Gasteiger partial charge is 0.310 e. The number of allylic oxidation sites excluding steroid dienone is 9.